The molecule has 0 atom stereocenters. The zero-order chi connectivity index (χ0) is 5.86. The van der Waals surface area contributed by atoms with Crippen molar-refractivity contribution in [3.8, 4) is 0 Å². The van der Waals surface area contributed by atoms with Crippen molar-refractivity contribution in [1.29, 1.82) is 0 Å². The van der Waals surface area contributed by atoms with Gasteiger partial charge in [0, 0.05) is 0 Å². The Morgan fingerprint density at radius 3 is 2.00 bits per heavy atom. The minimum absolute atomic E-state index is 1.32. The van der Waals surface area contributed by atoms with Gasteiger partial charge in [0.15, 0.2) is 0 Å². The normalized spacial score (nSPS) is 7.57. The van der Waals surface area contributed by atoms with E-state index in [4.69, 9.17) is 0 Å². The van der Waals surface area contributed by atoms with Gasteiger partial charge in [0.2, 0.25) is 0 Å². The van der Waals surface area contributed by atoms with Crippen LogP contribution in [0.1, 0.15) is 0 Å². The largest absolute Gasteiger partial charge is 0.540 e. The number of nitrogens with one attached hydrogen (secondary N) is 1. The average molecular weight is 103 g/mol. The lowest BCUT2D eigenvalue weighted by Crippen LogP contribution is -2.44. The molecule has 0 rings (SSSR count). The molecule has 0 aliphatic heterocycles. The van der Waals surface area contributed by atoms with Crippen molar-refractivity contribution in [1.82, 2.24) is 5.43 Å². The van der Waals surface area contributed by atoms with Crippen LogP contribution in [0.25, 0.3) is 0 Å². The number of amides is 1. The third-order valence-corrected chi connectivity index (χ3v) is 0.316. The molecule has 0 bridgehead atoms. The minimum Gasteiger partial charge on any atom is -0.540 e. The number of nitrogens with two attached hydrogens (primary N) is 1. The summed E-state index contributed by atoms with van der Waals surface area (Å²) in [5, 5.41) is 9.33. The average Bonchev–Trinajstić information content (AvgIpc) is 1.65. The van der Waals surface area contributed by atoms with Gasteiger partial charge in [0.25, 0.3) is 5.91 Å². The first-order valence-electron chi connectivity index (χ1n) is 1.40. The van der Waals surface area contributed by atoms with Crippen LogP contribution in [0.5, 0.6) is 0 Å². The van der Waals surface area contributed by atoms with E-state index in [-0.39, 0.29) is 0 Å². The van der Waals surface area contributed by atoms with Crippen molar-refractivity contribution in [3.63, 3.8) is 0 Å². The highest BCUT2D eigenvalue weighted by Crippen LogP contribution is 1.49. The summed E-state index contributed by atoms with van der Waals surface area (Å²) in [5.74, 6) is 1.20. The fraction of sp³-hybridized carbons (Fsp3) is 0. The number of aliphatic carboxylic acids is 1. The molecule has 0 aliphatic carbocycles. The van der Waals surface area contributed by atoms with Crippen LogP contribution in [0.15, 0.2) is 0 Å². The van der Waals surface area contributed by atoms with Gasteiger partial charge in [-0.15, -0.1) is 0 Å². The van der Waals surface area contributed by atoms with Crippen LogP contribution in [-0.2, 0) is 9.59 Å². The van der Waals surface area contributed by atoms with Crippen LogP contribution >= 0.6 is 0 Å². The number of hydrogen-bond donors (Lipinski definition) is 2. The molecule has 0 heterocycles. The summed E-state index contributed by atoms with van der Waals surface area (Å²) in [7, 11) is 0. The van der Waals surface area contributed by atoms with Crippen LogP contribution in [-0.4, -0.2) is 11.9 Å². The van der Waals surface area contributed by atoms with E-state index in [1.165, 1.54) is 5.43 Å². The molecule has 0 unspecified atom stereocenters. The van der Waals surface area contributed by atoms with Gasteiger partial charge in [0.05, 0.1) is 0 Å². The Morgan fingerprint density at radius 2 is 2.00 bits per heavy atom. The molecule has 0 saturated heterocycles. The van der Waals surface area contributed by atoms with Gasteiger partial charge in [-0.1, -0.05) is 0 Å². The van der Waals surface area contributed by atoms with Crippen molar-refractivity contribution in [2.24, 2.45) is 5.84 Å². The maximum atomic E-state index is 9.61. The van der Waals surface area contributed by atoms with E-state index in [0.717, 1.165) is 0 Å². The lowest BCUT2D eigenvalue weighted by molar-refractivity contribution is -0.300. The molecule has 0 aliphatic rings. The predicted molar refractivity (Wildman–Crippen MR) is 17.3 cm³/mol. The maximum Gasteiger partial charge on any atom is 0.280 e. The first kappa shape index (κ1) is 5.90. The molecule has 0 aromatic carbocycles. The van der Waals surface area contributed by atoms with Crippen LogP contribution < -0.4 is 16.4 Å². The number of carboxylic acids is 1. The Morgan fingerprint density at radius 1 is 1.57 bits per heavy atom. The molecule has 40 valence electrons. The van der Waals surface area contributed by atoms with E-state index < -0.39 is 11.9 Å². The predicted octanol–water partition coefficient (Wildman–Crippen LogP) is -3.27. The first-order valence-corrected chi connectivity index (χ1v) is 1.40. The monoisotopic (exact) mass is 103 g/mol. The van der Waals surface area contributed by atoms with Gasteiger partial charge >= 0.3 is 0 Å². The lowest BCUT2D eigenvalue weighted by Gasteiger charge is -1.94. The summed E-state index contributed by atoms with van der Waals surface area (Å²) in [6, 6.07) is 0. The second-order valence-electron chi connectivity index (χ2n) is 0.761. The van der Waals surface area contributed by atoms with E-state index in [1.807, 2.05) is 0 Å². The van der Waals surface area contributed by atoms with E-state index >= 15 is 0 Å². The molecule has 5 heteroatoms. The zero-order valence-electron chi connectivity index (χ0n) is 3.30. The van der Waals surface area contributed by atoms with Gasteiger partial charge in [-0.2, -0.15) is 0 Å². The highest BCUT2D eigenvalue weighted by Gasteiger charge is 1.93. The Kier molecular flexibility index (Phi) is 1.80. The second-order valence-corrected chi connectivity index (χ2v) is 0.761. The summed E-state index contributed by atoms with van der Waals surface area (Å²) in [4.78, 5) is 18.9. The molecule has 0 aromatic rings. The molecule has 0 saturated carbocycles. The van der Waals surface area contributed by atoms with Crippen molar-refractivity contribution < 1.29 is 14.7 Å². The van der Waals surface area contributed by atoms with Gasteiger partial charge in [-0.3, -0.25) is 10.2 Å². The van der Waals surface area contributed by atoms with Crippen LogP contribution in [0.2, 0.25) is 0 Å². The van der Waals surface area contributed by atoms with Crippen LogP contribution in [0, 0.1) is 0 Å². The van der Waals surface area contributed by atoms with Gasteiger partial charge in [-0.05, 0) is 0 Å². The van der Waals surface area contributed by atoms with Crippen molar-refractivity contribution >= 4 is 11.9 Å². The number of carboxylic acid groups (broad SMARTS) is 1. The quantitative estimate of drug-likeness (QED) is 0.145. The molecule has 0 aromatic heterocycles. The second kappa shape index (κ2) is 2.14. The molecule has 5 nitrogen and oxygen atoms in total. The zero-order valence-corrected chi connectivity index (χ0v) is 3.30. The molecule has 1 amide bonds. The number of rotatable bonds is 0. The molecule has 0 fully saturated rings. The molecule has 0 spiro atoms. The van der Waals surface area contributed by atoms with Crippen LogP contribution in [0.3, 0.4) is 0 Å². The van der Waals surface area contributed by atoms with Crippen molar-refractivity contribution in [2.45, 2.75) is 0 Å². The van der Waals surface area contributed by atoms with Gasteiger partial charge < -0.3 is 9.90 Å². The summed E-state index contributed by atoms with van der Waals surface area (Å²) >= 11 is 0. The van der Waals surface area contributed by atoms with Crippen molar-refractivity contribution in [3.05, 3.63) is 0 Å². The Hall–Kier alpha value is -1.10. The van der Waals surface area contributed by atoms with Crippen molar-refractivity contribution in [2.75, 3.05) is 0 Å². The van der Waals surface area contributed by atoms with Gasteiger partial charge in [0.1, 0.15) is 5.97 Å². The molecular formula is C2H3N2O3-. The van der Waals surface area contributed by atoms with E-state index in [1.54, 1.807) is 0 Å². The fourth-order valence-electron chi connectivity index (χ4n) is 0.0589. The lowest BCUT2D eigenvalue weighted by atomic mass is 10.7. The maximum absolute atomic E-state index is 9.61. The third kappa shape index (κ3) is 1.72. The van der Waals surface area contributed by atoms with E-state index in [9.17, 15) is 14.7 Å². The minimum atomic E-state index is -1.83. The molecular weight excluding hydrogens is 100 g/mol. The van der Waals surface area contributed by atoms with Gasteiger partial charge in [-0.25, -0.2) is 5.84 Å². The summed E-state index contributed by atoms with van der Waals surface area (Å²) < 4.78 is 0. The van der Waals surface area contributed by atoms with E-state index in [0.29, 0.717) is 0 Å². The number of carbonyl (C=O) groups excluding carboxylic acids is 2. The fourth-order valence-corrected chi connectivity index (χ4v) is 0.0589. The molecule has 7 heavy (non-hydrogen) atoms. The number of carbonyl (C=O) groups is 2. The highest BCUT2D eigenvalue weighted by atomic mass is 16.4. The Bertz CT molecular complexity index is 99.1. The number of hydrazine groups is 1. The summed E-state index contributed by atoms with van der Waals surface area (Å²) in [6.07, 6.45) is 0. The smallest absolute Gasteiger partial charge is 0.280 e. The summed E-state index contributed by atoms with van der Waals surface area (Å²) in [5.41, 5.74) is 1.36. The van der Waals surface area contributed by atoms with Crippen LogP contribution in [0.4, 0.5) is 0 Å². The Balaban J connectivity index is 3.58. The standard InChI is InChI=1S/C2H4N2O3/c3-4-1(5)2(6)7/h3H2,(H,4,5)(H,6,7)/p-1. The SMILES string of the molecule is NNC(=O)C(=O)[O-]. The van der Waals surface area contributed by atoms with E-state index in [2.05, 4.69) is 5.84 Å². The third-order valence-electron chi connectivity index (χ3n) is 0.316. The Labute approximate surface area is 39.1 Å². The number of hydrogen-bond acceptors (Lipinski definition) is 4. The highest BCUT2D eigenvalue weighted by molar-refractivity contribution is 6.30. The molecule has 0 radical (unpaired) electrons. The summed E-state index contributed by atoms with van der Waals surface area (Å²) in [6.45, 7) is 0. The first-order chi connectivity index (χ1) is 3.18. The topological polar surface area (TPSA) is 95.2 Å². The molecule has 3 N–H and O–H groups in total.